The smallest absolute Gasteiger partial charge is 0.411 e. The Labute approximate surface area is 230 Å². The molecule has 2 aromatic carbocycles. The molecule has 0 aliphatic carbocycles. The molecule has 0 saturated carbocycles. The Morgan fingerprint density at radius 3 is 2.67 bits per heavy atom. The molecule has 1 fully saturated rings. The van der Waals surface area contributed by atoms with E-state index in [9.17, 15) is 9.90 Å². The van der Waals surface area contributed by atoms with E-state index in [0.29, 0.717) is 12.2 Å². The molecule has 8 heteroatoms. The van der Waals surface area contributed by atoms with Gasteiger partial charge in [-0.25, -0.2) is 4.79 Å². The highest BCUT2D eigenvalue weighted by molar-refractivity contribution is 5.84. The van der Waals surface area contributed by atoms with Crippen molar-refractivity contribution in [3.05, 3.63) is 108 Å². The molecular weight excluding hydrogens is 494 g/mol. The maximum atomic E-state index is 12.1. The van der Waals surface area contributed by atoms with Crippen LogP contribution in [0, 0.1) is 5.92 Å². The number of rotatable bonds is 11. The molecule has 39 heavy (non-hydrogen) atoms. The van der Waals surface area contributed by atoms with Gasteiger partial charge in [-0.1, -0.05) is 62.0 Å². The van der Waals surface area contributed by atoms with Crippen molar-refractivity contribution in [3.8, 4) is 0 Å². The molecule has 0 unspecified atom stereocenters. The summed E-state index contributed by atoms with van der Waals surface area (Å²) in [6, 6.07) is 21.2. The predicted octanol–water partition coefficient (Wildman–Crippen LogP) is 5.27. The first-order valence-electron chi connectivity index (χ1n) is 13.2. The van der Waals surface area contributed by atoms with Crippen LogP contribution in [-0.4, -0.2) is 53.9 Å². The van der Waals surface area contributed by atoms with Gasteiger partial charge in [-0.05, 0) is 42.4 Å². The van der Waals surface area contributed by atoms with E-state index in [-0.39, 0.29) is 31.3 Å². The Bertz CT molecular complexity index is 1200. The number of pyridine rings is 1. The van der Waals surface area contributed by atoms with E-state index < -0.39 is 12.4 Å². The number of nitrogens with zero attached hydrogens (tertiary/aromatic N) is 2. The first kappa shape index (κ1) is 28.4. The molecule has 4 rings (SSSR count). The largest absolute Gasteiger partial charge is 0.445 e. The second kappa shape index (κ2) is 14.0. The number of likely N-dealkylation sites (N-methyl/N-ethyl adjacent to an activating group) is 1. The van der Waals surface area contributed by atoms with Crippen molar-refractivity contribution in [1.29, 1.82) is 0 Å². The minimum Gasteiger partial charge on any atom is -0.445 e. The third-order valence-electron chi connectivity index (χ3n) is 6.83. The van der Waals surface area contributed by atoms with Gasteiger partial charge in [-0.2, -0.15) is 0 Å². The molecule has 3 aromatic rings. The van der Waals surface area contributed by atoms with Crippen LogP contribution in [0.5, 0.6) is 0 Å². The van der Waals surface area contributed by atoms with Crippen molar-refractivity contribution >= 4 is 11.8 Å². The summed E-state index contributed by atoms with van der Waals surface area (Å²) in [4.78, 5) is 18.8. The summed E-state index contributed by atoms with van der Waals surface area (Å²) in [5, 5.41) is 12.2. The lowest BCUT2D eigenvalue weighted by Gasteiger charge is -2.42. The topological polar surface area (TPSA) is 93.2 Å². The van der Waals surface area contributed by atoms with Crippen LogP contribution < -0.4 is 5.32 Å². The summed E-state index contributed by atoms with van der Waals surface area (Å²) in [6.07, 6.45) is 2.65. The summed E-state index contributed by atoms with van der Waals surface area (Å²) in [6.45, 7) is 7.38. The summed E-state index contributed by atoms with van der Waals surface area (Å²) in [5.41, 5.74) is 4.31. The number of hydrogen-bond acceptors (Lipinski definition) is 7. The number of carbonyl (C=O) groups excluding carboxylic acids is 1. The number of carbonyl (C=O) groups is 1. The molecule has 0 bridgehead atoms. The monoisotopic (exact) mass is 531 g/mol. The van der Waals surface area contributed by atoms with Gasteiger partial charge in [0.2, 0.25) is 0 Å². The zero-order valence-electron chi connectivity index (χ0n) is 22.5. The fraction of sp³-hybridized carbons (Fsp3) is 0.355. The fourth-order valence-electron chi connectivity index (χ4n) is 4.63. The standard InChI is InChI=1S/C31H37N3O5/c1-4-18-37-31(36)33-27-10-7-8-25(19-27)30-38-28(20-34(3)17-15-26-9-5-6-16-32-26)22(2)29(39-30)24-13-11-23(21-35)12-14-24/h4-14,16,19,22,28-30,35H,1,15,17-18,20-21H2,2-3H3,(H,33,36)/t22-,28+,29+,30+/m1/s1. The lowest BCUT2D eigenvalue weighted by Crippen LogP contribution is -2.44. The number of nitrogens with one attached hydrogen (secondary N) is 1. The second-order valence-electron chi connectivity index (χ2n) is 9.79. The number of amides is 1. The van der Waals surface area contributed by atoms with Crippen LogP contribution in [0.3, 0.4) is 0 Å². The third-order valence-corrected chi connectivity index (χ3v) is 6.83. The zero-order chi connectivity index (χ0) is 27.6. The minimum absolute atomic E-state index is 0.00812. The van der Waals surface area contributed by atoms with E-state index in [2.05, 4.69) is 35.8 Å². The van der Waals surface area contributed by atoms with Crippen LogP contribution in [0.2, 0.25) is 0 Å². The molecule has 1 aliphatic heterocycles. The molecule has 1 amide bonds. The van der Waals surface area contributed by atoms with Crippen LogP contribution in [0.4, 0.5) is 10.5 Å². The summed E-state index contributed by atoms with van der Waals surface area (Å²) >= 11 is 0. The van der Waals surface area contributed by atoms with Gasteiger partial charge in [0.1, 0.15) is 6.61 Å². The van der Waals surface area contributed by atoms with E-state index in [1.165, 1.54) is 6.08 Å². The SMILES string of the molecule is C=CCOC(=O)Nc1cccc([C@H]2O[C@@H](CN(C)CCc3ccccn3)[C@@H](C)[C@@H](c3ccc(CO)cc3)O2)c1. The number of anilines is 1. The van der Waals surface area contributed by atoms with Crippen molar-refractivity contribution in [2.24, 2.45) is 5.92 Å². The first-order valence-corrected chi connectivity index (χ1v) is 13.2. The average molecular weight is 532 g/mol. The molecule has 2 N–H and O–H groups in total. The highest BCUT2D eigenvalue weighted by atomic mass is 16.7. The van der Waals surface area contributed by atoms with E-state index >= 15 is 0 Å². The van der Waals surface area contributed by atoms with Crippen LogP contribution >= 0.6 is 0 Å². The normalized spacial score (nSPS) is 20.9. The first-order chi connectivity index (χ1) is 19.0. The van der Waals surface area contributed by atoms with Crippen molar-refractivity contribution in [1.82, 2.24) is 9.88 Å². The lowest BCUT2D eigenvalue weighted by molar-refractivity contribution is -0.275. The van der Waals surface area contributed by atoms with Crippen LogP contribution in [-0.2, 0) is 27.2 Å². The zero-order valence-corrected chi connectivity index (χ0v) is 22.5. The van der Waals surface area contributed by atoms with Gasteiger partial charge in [0, 0.05) is 48.6 Å². The Morgan fingerprint density at radius 1 is 1.13 bits per heavy atom. The van der Waals surface area contributed by atoms with Gasteiger partial charge in [0.15, 0.2) is 6.29 Å². The second-order valence-corrected chi connectivity index (χ2v) is 9.79. The van der Waals surface area contributed by atoms with Gasteiger partial charge < -0.3 is 24.2 Å². The number of benzene rings is 2. The van der Waals surface area contributed by atoms with E-state index in [1.807, 2.05) is 66.9 Å². The number of aliphatic hydroxyl groups excluding tert-OH is 1. The van der Waals surface area contributed by atoms with Gasteiger partial charge >= 0.3 is 6.09 Å². The number of hydrogen-bond donors (Lipinski definition) is 2. The Balaban J connectivity index is 1.52. The van der Waals surface area contributed by atoms with Gasteiger partial charge in [-0.3, -0.25) is 10.3 Å². The molecule has 4 atom stereocenters. The molecule has 0 radical (unpaired) electrons. The minimum atomic E-state index is -0.635. The van der Waals surface area contributed by atoms with Crippen molar-refractivity contribution in [2.75, 3.05) is 32.1 Å². The molecule has 1 aromatic heterocycles. The highest BCUT2D eigenvalue weighted by Crippen LogP contribution is 2.42. The molecule has 1 aliphatic rings. The molecule has 206 valence electrons. The third kappa shape index (κ3) is 7.97. The van der Waals surface area contributed by atoms with Crippen LogP contribution in [0.25, 0.3) is 0 Å². The van der Waals surface area contributed by atoms with Crippen LogP contribution in [0.15, 0.2) is 85.6 Å². The van der Waals surface area contributed by atoms with E-state index in [0.717, 1.165) is 35.3 Å². The van der Waals surface area contributed by atoms with Crippen molar-refractivity contribution in [3.63, 3.8) is 0 Å². The van der Waals surface area contributed by atoms with E-state index in [4.69, 9.17) is 14.2 Å². The maximum absolute atomic E-state index is 12.1. The number of ether oxygens (including phenoxy) is 3. The van der Waals surface area contributed by atoms with Gasteiger partial charge in [0.25, 0.3) is 0 Å². The fourth-order valence-corrected chi connectivity index (χ4v) is 4.63. The summed E-state index contributed by atoms with van der Waals surface area (Å²) in [7, 11) is 2.09. The molecule has 8 nitrogen and oxygen atoms in total. The van der Waals surface area contributed by atoms with E-state index in [1.54, 1.807) is 6.07 Å². The number of aliphatic hydroxyl groups is 1. The molecular formula is C31H37N3O5. The predicted molar refractivity (Wildman–Crippen MR) is 150 cm³/mol. The average Bonchev–Trinajstić information content (AvgIpc) is 2.97. The van der Waals surface area contributed by atoms with Crippen molar-refractivity contribution < 1.29 is 24.1 Å². The maximum Gasteiger partial charge on any atom is 0.411 e. The lowest BCUT2D eigenvalue weighted by atomic mass is 9.90. The Kier molecular flexibility index (Phi) is 10.2. The van der Waals surface area contributed by atoms with Gasteiger partial charge in [0.05, 0.1) is 18.8 Å². The number of aromatic nitrogens is 1. The molecule has 0 spiro atoms. The molecule has 1 saturated heterocycles. The van der Waals surface area contributed by atoms with Gasteiger partial charge in [-0.15, -0.1) is 0 Å². The Hall–Kier alpha value is -3.56. The quantitative estimate of drug-likeness (QED) is 0.326. The summed E-state index contributed by atoms with van der Waals surface area (Å²) < 4.78 is 18.1. The summed E-state index contributed by atoms with van der Waals surface area (Å²) in [5.74, 6) is 0.0636. The highest BCUT2D eigenvalue weighted by Gasteiger charge is 2.38. The van der Waals surface area contributed by atoms with Crippen LogP contribution in [0.1, 0.15) is 41.7 Å². The Morgan fingerprint density at radius 2 is 1.95 bits per heavy atom. The van der Waals surface area contributed by atoms with Crippen molar-refractivity contribution in [2.45, 2.75) is 38.4 Å². The molecule has 2 heterocycles.